The molecule has 4 aromatic rings. The number of amides is 2. The molecule has 33 heavy (non-hydrogen) atoms. The van der Waals surface area contributed by atoms with Gasteiger partial charge in [0.05, 0.1) is 18.7 Å². The molecule has 0 aliphatic carbocycles. The summed E-state index contributed by atoms with van der Waals surface area (Å²) in [5, 5.41) is 3.44. The first-order chi connectivity index (χ1) is 16.1. The molecule has 1 N–H and O–H groups in total. The van der Waals surface area contributed by atoms with Gasteiger partial charge in [0.25, 0.3) is 5.91 Å². The summed E-state index contributed by atoms with van der Waals surface area (Å²) in [6.45, 7) is 0.516. The van der Waals surface area contributed by atoms with Crippen molar-refractivity contribution in [3.63, 3.8) is 0 Å². The van der Waals surface area contributed by atoms with Gasteiger partial charge < -0.3 is 10.2 Å². The number of hydrogen-bond donors (Lipinski definition) is 1. The number of fused-ring (bicyclic) bond motifs is 3. The standard InChI is InChI=1S/C28H21ClN2O2/c29-25-11-5-2-7-20(25)17-27(32)30-22-15-13-19(14-16-22)28(33)31-18-21-8-1-3-9-23(21)24-10-4-6-12-26(24)31/h1-16H,17-18H2,(H,30,32). The van der Waals surface area contributed by atoms with Crippen LogP contribution in [0.2, 0.25) is 5.02 Å². The van der Waals surface area contributed by atoms with Crippen LogP contribution < -0.4 is 10.2 Å². The Kier molecular flexibility index (Phi) is 5.68. The summed E-state index contributed by atoms with van der Waals surface area (Å²) in [6.07, 6.45) is 0.185. The van der Waals surface area contributed by atoms with Gasteiger partial charge in [0, 0.05) is 21.8 Å². The molecule has 1 aliphatic rings. The molecule has 5 rings (SSSR count). The van der Waals surface area contributed by atoms with Gasteiger partial charge in [0.1, 0.15) is 0 Å². The molecular weight excluding hydrogens is 432 g/mol. The van der Waals surface area contributed by atoms with Gasteiger partial charge in [-0.2, -0.15) is 0 Å². The highest BCUT2D eigenvalue weighted by atomic mass is 35.5. The highest BCUT2D eigenvalue weighted by molar-refractivity contribution is 6.31. The van der Waals surface area contributed by atoms with Crippen molar-refractivity contribution in [1.29, 1.82) is 0 Å². The first-order valence-electron chi connectivity index (χ1n) is 10.7. The van der Waals surface area contributed by atoms with E-state index in [1.54, 1.807) is 30.3 Å². The fraction of sp³-hybridized carbons (Fsp3) is 0.0714. The number of benzene rings is 4. The van der Waals surface area contributed by atoms with E-state index in [4.69, 9.17) is 11.6 Å². The molecule has 0 aromatic heterocycles. The minimum Gasteiger partial charge on any atom is -0.326 e. The van der Waals surface area contributed by atoms with Crippen LogP contribution in [0.4, 0.5) is 11.4 Å². The maximum Gasteiger partial charge on any atom is 0.258 e. The number of nitrogens with one attached hydrogen (secondary N) is 1. The van der Waals surface area contributed by atoms with Gasteiger partial charge in [0.15, 0.2) is 0 Å². The van der Waals surface area contributed by atoms with E-state index < -0.39 is 0 Å². The van der Waals surface area contributed by atoms with Crippen molar-refractivity contribution >= 4 is 34.8 Å². The number of carbonyl (C=O) groups is 2. The number of nitrogens with zero attached hydrogens (tertiary/aromatic N) is 1. The van der Waals surface area contributed by atoms with Crippen molar-refractivity contribution in [3.05, 3.63) is 119 Å². The molecular formula is C28H21ClN2O2. The van der Waals surface area contributed by atoms with Crippen LogP contribution >= 0.6 is 11.6 Å². The van der Waals surface area contributed by atoms with Crippen LogP contribution in [-0.4, -0.2) is 11.8 Å². The molecule has 0 bridgehead atoms. The lowest BCUT2D eigenvalue weighted by atomic mass is 9.93. The third-order valence-corrected chi connectivity index (χ3v) is 6.17. The van der Waals surface area contributed by atoms with Crippen molar-refractivity contribution in [2.24, 2.45) is 0 Å². The van der Waals surface area contributed by atoms with Gasteiger partial charge in [-0.1, -0.05) is 72.3 Å². The largest absolute Gasteiger partial charge is 0.326 e. The number of rotatable bonds is 4. The maximum absolute atomic E-state index is 13.4. The van der Waals surface area contributed by atoms with Crippen LogP contribution in [0.3, 0.4) is 0 Å². The highest BCUT2D eigenvalue weighted by Gasteiger charge is 2.26. The SMILES string of the molecule is O=C(Cc1ccccc1Cl)Nc1ccc(C(=O)N2Cc3ccccc3-c3ccccc32)cc1. The molecule has 162 valence electrons. The molecule has 2 amide bonds. The molecule has 0 radical (unpaired) electrons. The van der Waals surface area contributed by atoms with Gasteiger partial charge in [0.2, 0.25) is 5.91 Å². The first-order valence-corrected chi connectivity index (χ1v) is 11.1. The van der Waals surface area contributed by atoms with E-state index in [0.29, 0.717) is 22.8 Å². The summed E-state index contributed by atoms with van der Waals surface area (Å²) in [7, 11) is 0. The predicted molar refractivity (Wildman–Crippen MR) is 133 cm³/mol. The molecule has 0 saturated heterocycles. The summed E-state index contributed by atoms with van der Waals surface area (Å²) in [5.41, 5.74) is 6.20. The van der Waals surface area contributed by atoms with Crippen LogP contribution in [0.25, 0.3) is 11.1 Å². The molecule has 1 heterocycles. The maximum atomic E-state index is 13.4. The number of para-hydroxylation sites is 1. The summed E-state index contributed by atoms with van der Waals surface area (Å²) in [5.74, 6) is -0.241. The first kappa shape index (κ1) is 21.0. The Hall–Kier alpha value is -3.89. The van der Waals surface area contributed by atoms with E-state index in [9.17, 15) is 9.59 Å². The molecule has 0 atom stereocenters. The Labute approximate surface area is 197 Å². The van der Waals surface area contributed by atoms with E-state index in [0.717, 1.165) is 27.9 Å². The molecule has 0 spiro atoms. The fourth-order valence-corrected chi connectivity index (χ4v) is 4.37. The summed E-state index contributed by atoms with van der Waals surface area (Å²) in [4.78, 5) is 27.6. The second-order valence-corrected chi connectivity index (χ2v) is 8.37. The van der Waals surface area contributed by atoms with E-state index in [-0.39, 0.29) is 18.2 Å². The molecule has 0 fully saturated rings. The molecule has 1 aliphatic heterocycles. The van der Waals surface area contributed by atoms with Crippen LogP contribution in [-0.2, 0) is 17.8 Å². The quantitative estimate of drug-likeness (QED) is 0.392. The van der Waals surface area contributed by atoms with Crippen LogP contribution in [0, 0.1) is 0 Å². The Balaban J connectivity index is 1.33. The van der Waals surface area contributed by atoms with Gasteiger partial charge in [-0.15, -0.1) is 0 Å². The summed E-state index contributed by atoms with van der Waals surface area (Å²) < 4.78 is 0. The van der Waals surface area contributed by atoms with Crippen molar-refractivity contribution in [2.45, 2.75) is 13.0 Å². The van der Waals surface area contributed by atoms with Crippen molar-refractivity contribution in [1.82, 2.24) is 0 Å². The van der Waals surface area contributed by atoms with Crippen molar-refractivity contribution in [3.8, 4) is 11.1 Å². The molecule has 4 nitrogen and oxygen atoms in total. The predicted octanol–water partition coefficient (Wildman–Crippen LogP) is 6.35. The Bertz CT molecular complexity index is 1350. The number of carbonyl (C=O) groups excluding carboxylic acids is 2. The normalized spacial score (nSPS) is 12.0. The smallest absolute Gasteiger partial charge is 0.258 e. The van der Waals surface area contributed by atoms with E-state index in [2.05, 4.69) is 17.4 Å². The van der Waals surface area contributed by atoms with Crippen LogP contribution in [0.5, 0.6) is 0 Å². The zero-order valence-corrected chi connectivity index (χ0v) is 18.5. The van der Waals surface area contributed by atoms with Crippen LogP contribution in [0.15, 0.2) is 97.1 Å². The second kappa shape index (κ2) is 8.93. The fourth-order valence-electron chi connectivity index (χ4n) is 4.17. The van der Waals surface area contributed by atoms with Crippen LogP contribution in [0.1, 0.15) is 21.5 Å². The Morgan fingerprint density at radius 3 is 2.24 bits per heavy atom. The lowest BCUT2D eigenvalue weighted by Gasteiger charge is -2.31. The van der Waals surface area contributed by atoms with Gasteiger partial charge >= 0.3 is 0 Å². The molecule has 4 aromatic carbocycles. The minimum absolute atomic E-state index is 0.0779. The number of halogens is 1. The lowest BCUT2D eigenvalue weighted by molar-refractivity contribution is -0.115. The van der Waals surface area contributed by atoms with E-state index in [1.165, 1.54) is 0 Å². The van der Waals surface area contributed by atoms with Gasteiger partial charge in [-0.05, 0) is 53.1 Å². The van der Waals surface area contributed by atoms with E-state index in [1.807, 2.05) is 59.5 Å². The zero-order chi connectivity index (χ0) is 22.8. The Morgan fingerprint density at radius 2 is 1.45 bits per heavy atom. The monoisotopic (exact) mass is 452 g/mol. The molecule has 0 saturated carbocycles. The minimum atomic E-state index is -0.163. The third-order valence-electron chi connectivity index (χ3n) is 5.80. The average molecular weight is 453 g/mol. The third kappa shape index (κ3) is 4.26. The number of anilines is 2. The van der Waals surface area contributed by atoms with Crippen molar-refractivity contribution in [2.75, 3.05) is 10.2 Å². The number of hydrogen-bond acceptors (Lipinski definition) is 2. The summed E-state index contributed by atoms with van der Waals surface area (Å²) >= 11 is 6.15. The van der Waals surface area contributed by atoms with E-state index >= 15 is 0 Å². The Morgan fingerprint density at radius 1 is 0.788 bits per heavy atom. The highest BCUT2D eigenvalue weighted by Crippen LogP contribution is 2.39. The average Bonchev–Trinajstić information content (AvgIpc) is 2.85. The molecule has 0 unspecified atom stereocenters. The topological polar surface area (TPSA) is 49.4 Å². The zero-order valence-electron chi connectivity index (χ0n) is 17.8. The lowest BCUT2D eigenvalue weighted by Crippen LogP contribution is -2.33. The second-order valence-electron chi connectivity index (χ2n) is 7.96. The van der Waals surface area contributed by atoms with Crippen molar-refractivity contribution < 1.29 is 9.59 Å². The summed E-state index contributed by atoms with van der Waals surface area (Å²) in [6, 6.07) is 30.4. The van der Waals surface area contributed by atoms with Gasteiger partial charge in [-0.3, -0.25) is 9.59 Å². The molecule has 5 heteroatoms. The van der Waals surface area contributed by atoms with Gasteiger partial charge in [-0.25, -0.2) is 0 Å².